The van der Waals surface area contributed by atoms with Crippen LogP contribution in [0.5, 0.6) is 23.0 Å². The molecule has 11 heteroatoms. The number of thiazole rings is 1. The highest BCUT2D eigenvalue weighted by molar-refractivity contribution is 9.10. The molecule has 1 atom stereocenters. The molecular formula is C28H29BrN2O7S. The van der Waals surface area contributed by atoms with Gasteiger partial charge in [-0.3, -0.25) is 9.36 Å². The van der Waals surface area contributed by atoms with Crippen molar-refractivity contribution in [2.75, 3.05) is 20.8 Å². The maximum atomic E-state index is 13.9. The minimum absolute atomic E-state index is 0.0374. The monoisotopic (exact) mass is 616 g/mol. The molecule has 2 heterocycles. The molecular weight excluding hydrogens is 588 g/mol. The van der Waals surface area contributed by atoms with Gasteiger partial charge in [0.25, 0.3) is 5.56 Å². The van der Waals surface area contributed by atoms with Crippen LogP contribution >= 0.6 is 27.3 Å². The van der Waals surface area contributed by atoms with Gasteiger partial charge in [0.05, 0.1) is 53.2 Å². The number of nitrogens with zero attached hydrogens (tertiary/aromatic N) is 2. The molecule has 0 fully saturated rings. The molecule has 0 bridgehead atoms. The van der Waals surface area contributed by atoms with Crippen LogP contribution in [0.3, 0.4) is 0 Å². The maximum Gasteiger partial charge on any atom is 0.338 e. The molecule has 0 radical (unpaired) electrons. The van der Waals surface area contributed by atoms with E-state index in [9.17, 15) is 14.7 Å². The largest absolute Gasteiger partial charge is 0.503 e. The Morgan fingerprint density at radius 2 is 1.90 bits per heavy atom. The van der Waals surface area contributed by atoms with Gasteiger partial charge in [-0.1, -0.05) is 17.4 Å². The van der Waals surface area contributed by atoms with E-state index in [2.05, 4.69) is 20.9 Å². The van der Waals surface area contributed by atoms with Gasteiger partial charge in [0, 0.05) is 0 Å². The lowest BCUT2D eigenvalue weighted by molar-refractivity contribution is -0.139. The molecule has 1 aromatic heterocycles. The molecule has 0 spiro atoms. The van der Waals surface area contributed by atoms with Crippen molar-refractivity contribution in [1.29, 1.82) is 0 Å². The van der Waals surface area contributed by atoms with Crippen LogP contribution in [-0.4, -0.2) is 42.6 Å². The molecule has 0 amide bonds. The van der Waals surface area contributed by atoms with Crippen LogP contribution in [0.25, 0.3) is 6.08 Å². The van der Waals surface area contributed by atoms with E-state index in [0.717, 1.165) is 0 Å². The van der Waals surface area contributed by atoms with E-state index in [1.807, 2.05) is 19.9 Å². The van der Waals surface area contributed by atoms with Crippen molar-refractivity contribution in [3.05, 3.63) is 76.9 Å². The number of methoxy groups -OCH3 is 2. The second kappa shape index (κ2) is 11.7. The minimum Gasteiger partial charge on any atom is -0.503 e. The number of hydrogen-bond acceptors (Lipinski definition) is 9. The molecule has 39 heavy (non-hydrogen) atoms. The molecule has 0 unspecified atom stereocenters. The lowest BCUT2D eigenvalue weighted by Crippen LogP contribution is -2.40. The second-order valence-corrected chi connectivity index (χ2v) is 10.8. The minimum atomic E-state index is -0.800. The standard InChI is InChI=1S/C28H29BrN2O7S/c1-7-37-27(34)23-15(4)30-28-31(24(23)17-8-9-19(38-14(2)3)20(13-17)35-5)26(33)22(39-28)12-16-10-18(29)25(32)21(11-16)36-6/h8-14,24,32H,7H2,1-6H3/b22-12-/t24-/m1/s1. The van der Waals surface area contributed by atoms with Gasteiger partial charge in [-0.05, 0) is 85.1 Å². The fourth-order valence-corrected chi connectivity index (χ4v) is 5.80. The highest BCUT2D eigenvalue weighted by Gasteiger charge is 2.34. The summed E-state index contributed by atoms with van der Waals surface area (Å²) >= 11 is 4.52. The summed E-state index contributed by atoms with van der Waals surface area (Å²) in [6, 6.07) is 7.85. The van der Waals surface area contributed by atoms with Crippen molar-refractivity contribution in [2.45, 2.75) is 39.8 Å². The third-order valence-electron chi connectivity index (χ3n) is 5.95. The fraction of sp³-hybridized carbons (Fsp3) is 0.321. The summed E-state index contributed by atoms with van der Waals surface area (Å²) in [5.41, 5.74) is 1.67. The first kappa shape index (κ1) is 28.4. The Morgan fingerprint density at radius 3 is 2.54 bits per heavy atom. The number of halogens is 1. The number of phenolic OH excluding ortho intramolecular Hbond substituents is 1. The lowest BCUT2D eigenvalue weighted by atomic mass is 9.95. The number of phenols is 1. The molecule has 9 nitrogen and oxygen atoms in total. The number of aromatic hydroxyl groups is 1. The third-order valence-corrected chi connectivity index (χ3v) is 7.54. The number of carbonyl (C=O) groups excluding carboxylic acids is 1. The van der Waals surface area contributed by atoms with Crippen LogP contribution in [-0.2, 0) is 9.53 Å². The van der Waals surface area contributed by atoms with Crippen LogP contribution in [0.2, 0.25) is 0 Å². The summed E-state index contributed by atoms with van der Waals surface area (Å²) in [5.74, 6) is 0.699. The second-order valence-electron chi connectivity index (χ2n) is 8.93. The third kappa shape index (κ3) is 5.60. The zero-order chi connectivity index (χ0) is 28.4. The van der Waals surface area contributed by atoms with Crippen molar-refractivity contribution in [3.63, 3.8) is 0 Å². The average molecular weight is 618 g/mol. The number of hydrogen-bond donors (Lipinski definition) is 1. The summed E-state index contributed by atoms with van der Waals surface area (Å²) < 4.78 is 24.4. The number of benzene rings is 2. The Hall–Kier alpha value is -3.57. The number of allylic oxidation sites excluding steroid dienone is 1. The molecule has 1 aliphatic heterocycles. The van der Waals surface area contributed by atoms with Gasteiger partial charge in [-0.15, -0.1) is 0 Å². The predicted molar refractivity (Wildman–Crippen MR) is 152 cm³/mol. The van der Waals surface area contributed by atoms with E-state index in [1.54, 1.807) is 44.2 Å². The SMILES string of the molecule is CCOC(=O)C1=C(C)N=c2s/c(=C\c3cc(Br)c(O)c(OC)c3)c(=O)n2[C@@H]1c1ccc(OC(C)C)c(OC)c1. The van der Waals surface area contributed by atoms with Crippen molar-refractivity contribution in [2.24, 2.45) is 4.99 Å². The van der Waals surface area contributed by atoms with Crippen LogP contribution in [0.4, 0.5) is 0 Å². The summed E-state index contributed by atoms with van der Waals surface area (Å²) in [4.78, 5) is 32.1. The molecule has 206 valence electrons. The number of fused-ring (bicyclic) bond motifs is 1. The maximum absolute atomic E-state index is 13.9. The van der Waals surface area contributed by atoms with Crippen molar-refractivity contribution in [3.8, 4) is 23.0 Å². The van der Waals surface area contributed by atoms with Crippen molar-refractivity contribution >= 4 is 39.3 Å². The van der Waals surface area contributed by atoms with Crippen LogP contribution in [0, 0.1) is 0 Å². The first-order chi connectivity index (χ1) is 18.6. The quantitative estimate of drug-likeness (QED) is 0.380. The summed E-state index contributed by atoms with van der Waals surface area (Å²) in [6.45, 7) is 7.46. The zero-order valence-electron chi connectivity index (χ0n) is 22.4. The highest BCUT2D eigenvalue weighted by Crippen LogP contribution is 2.37. The summed E-state index contributed by atoms with van der Waals surface area (Å²) in [5, 5.41) is 10.2. The molecule has 1 aliphatic rings. The van der Waals surface area contributed by atoms with E-state index < -0.39 is 12.0 Å². The van der Waals surface area contributed by atoms with Gasteiger partial charge >= 0.3 is 5.97 Å². The van der Waals surface area contributed by atoms with Gasteiger partial charge < -0.3 is 24.1 Å². The van der Waals surface area contributed by atoms with Crippen molar-refractivity contribution < 1.29 is 28.8 Å². The summed E-state index contributed by atoms with van der Waals surface area (Å²) in [6.07, 6.45) is 1.62. The van der Waals surface area contributed by atoms with Gasteiger partial charge in [-0.25, -0.2) is 9.79 Å². The van der Waals surface area contributed by atoms with Gasteiger partial charge in [0.2, 0.25) is 0 Å². The number of rotatable bonds is 8. The normalized spacial score (nSPS) is 15.2. The van der Waals surface area contributed by atoms with Crippen molar-refractivity contribution in [1.82, 2.24) is 4.57 Å². The molecule has 3 aromatic rings. The van der Waals surface area contributed by atoms with Crippen LogP contribution < -0.4 is 29.1 Å². The van der Waals surface area contributed by atoms with Gasteiger partial charge in [-0.2, -0.15) is 0 Å². The number of ether oxygens (including phenoxy) is 4. The first-order valence-corrected chi connectivity index (χ1v) is 13.8. The first-order valence-electron chi connectivity index (χ1n) is 12.2. The predicted octanol–water partition coefficient (Wildman–Crippen LogP) is 4.07. The molecule has 2 aromatic carbocycles. The Kier molecular flexibility index (Phi) is 8.51. The van der Waals surface area contributed by atoms with Crippen LogP contribution in [0.1, 0.15) is 44.9 Å². The highest BCUT2D eigenvalue weighted by atomic mass is 79.9. The van der Waals surface area contributed by atoms with E-state index in [1.165, 1.54) is 30.1 Å². The Morgan fingerprint density at radius 1 is 1.18 bits per heavy atom. The van der Waals surface area contributed by atoms with Gasteiger partial charge in [0.1, 0.15) is 0 Å². The number of carbonyl (C=O) groups is 1. The molecule has 0 aliphatic carbocycles. The molecule has 1 N–H and O–H groups in total. The average Bonchev–Trinajstić information content (AvgIpc) is 3.19. The number of aromatic nitrogens is 1. The Bertz CT molecular complexity index is 1640. The molecule has 0 saturated heterocycles. The van der Waals surface area contributed by atoms with Crippen LogP contribution in [0.15, 0.2) is 55.9 Å². The van der Waals surface area contributed by atoms with E-state index in [-0.39, 0.29) is 35.3 Å². The smallest absolute Gasteiger partial charge is 0.338 e. The van der Waals surface area contributed by atoms with Gasteiger partial charge in [0.15, 0.2) is 27.8 Å². The van der Waals surface area contributed by atoms with E-state index >= 15 is 0 Å². The number of esters is 1. The summed E-state index contributed by atoms with van der Waals surface area (Å²) in [7, 11) is 2.99. The zero-order valence-corrected chi connectivity index (χ0v) is 24.8. The Labute approximate surface area is 237 Å². The molecule has 0 saturated carbocycles. The fourth-order valence-electron chi connectivity index (χ4n) is 4.30. The lowest BCUT2D eigenvalue weighted by Gasteiger charge is -2.25. The van der Waals surface area contributed by atoms with E-state index in [0.29, 0.717) is 42.1 Å². The van der Waals surface area contributed by atoms with E-state index in [4.69, 9.17) is 18.9 Å². The Balaban J connectivity index is 1.95. The molecule has 4 rings (SSSR count). The topological polar surface area (TPSA) is 109 Å².